The average Bonchev–Trinajstić information content (AvgIpc) is 3.08. The van der Waals surface area contributed by atoms with E-state index in [0.29, 0.717) is 11.4 Å². The van der Waals surface area contributed by atoms with Crippen LogP contribution in [-0.4, -0.2) is 19.4 Å². The first-order valence-corrected chi connectivity index (χ1v) is 11.0. The number of hydrogen-bond donors (Lipinski definition) is 4. The molecule has 0 unspecified atom stereocenters. The number of aromatic nitrogens is 1. The topological polar surface area (TPSA) is 103 Å². The number of H-pyrrole nitrogens is 1. The van der Waals surface area contributed by atoms with E-state index >= 15 is 0 Å². The molecule has 0 radical (unpaired) electrons. The van der Waals surface area contributed by atoms with Crippen LogP contribution in [0.1, 0.15) is 50.7 Å². The molecule has 0 saturated heterocycles. The van der Waals surface area contributed by atoms with E-state index in [1.807, 2.05) is 56.7 Å². The minimum atomic E-state index is -4.10. The van der Waals surface area contributed by atoms with E-state index < -0.39 is 16.2 Å². The predicted molar refractivity (Wildman–Crippen MR) is 118 cm³/mol. The minimum Gasteiger partial charge on any atom is -0.361 e. The highest BCUT2D eigenvalue weighted by molar-refractivity contribution is 7.91. The lowest BCUT2D eigenvalue weighted by Crippen LogP contribution is -2.38. The Labute approximate surface area is 171 Å². The van der Waals surface area contributed by atoms with Crippen molar-refractivity contribution in [2.24, 2.45) is 0 Å². The molecule has 0 spiro atoms. The Morgan fingerprint density at radius 3 is 2.24 bits per heavy atom. The number of hydrogen-bond acceptors (Lipinski definition) is 3. The standard InChI is InChI=1S/C21H26N4O3S/c1-13(2)17-6-5-7-18(14(3)4)20(17)23-21(26)25-29(27,28)24-16-9-8-15-10-11-22-19(15)12-16/h5-14,22,24H,1-4H3,(H2,23,25,26). The van der Waals surface area contributed by atoms with Gasteiger partial charge in [0.1, 0.15) is 0 Å². The Bertz CT molecular complexity index is 1110. The van der Waals surface area contributed by atoms with Gasteiger partial charge in [-0.1, -0.05) is 52.0 Å². The molecule has 0 saturated carbocycles. The maximum absolute atomic E-state index is 12.5. The van der Waals surface area contributed by atoms with Gasteiger partial charge in [-0.15, -0.1) is 0 Å². The number of amides is 2. The molecule has 7 nitrogen and oxygen atoms in total. The van der Waals surface area contributed by atoms with Crippen LogP contribution < -0.4 is 14.8 Å². The quantitative estimate of drug-likeness (QED) is 0.461. The lowest BCUT2D eigenvalue weighted by Gasteiger charge is -2.20. The number of carbonyl (C=O) groups excluding carboxylic acids is 1. The van der Waals surface area contributed by atoms with Crippen molar-refractivity contribution in [2.45, 2.75) is 39.5 Å². The Hall–Kier alpha value is -3.00. The van der Waals surface area contributed by atoms with Gasteiger partial charge in [0.2, 0.25) is 0 Å². The number of fused-ring (bicyclic) bond motifs is 1. The van der Waals surface area contributed by atoms with Crippen LogP contribution in [0.15, 0.2) is 48.7 Å². The highest BCUT2D eigenvalue weighted by Gasteiger charge is 2.19. The van der Waals surface area contributed by atoms with Crippen molar-refractivity contribution in [3.8, 4) is 0 Å². The van der Waals surface area contributed by atoms with Crippen LogP contribution in [-0.2, 0) is 10.2 Å². The number of para-hydroxylation sites is 1. The molecule has 0 bridgehead atoms. The first kappa shape index (κ1) is 20.7. The average molecular weight is 415 g/mol. The summed E-state index contributed by atoms with van der Waals surface area (Å²) in [5, 5.41) is 3.70. The highest BCUT2D eigenvalue weighted by Crippen LogP contribution is 2.32. The molecule has 1 heterocycles. The fourth-order valence-corrected chi connectivity index (χ4v) is 4.03. The SMILES string of the molecule is CC(C)c1cccc(C(C)C)c1NC(=O)NS(=O)(=O)Nc1ccc2cc[nH]c2c1. The molecule has 0 fully saturated rings. The third kappa shape index (κ3) is 4.89. The van der Waals surface area contributed by atoms with E-state index in [0.717, 1.165) is 22.0 Å². The summed E-state index contributed by atoms with van der Waals surface area (Å²) in [7, 11) is -4.10. The maximum atomic E-state index is 12.5. The molecule has 1 aromatic heterocycles. The Kier molecular flexibility index (Phi) is 5.83. The van der Waals surface area contributed by atoms with E-state index in [1.54, 1.807) is 24.4 Å². The zero-order valence-corrected chi connectivity index (χ0v) is 17.7. The van der Waals surface area contributed by atoms with Crippen LogP contribution in [0.4, 0.5) is 16.2 Å². The maximum Gasteiger partial charge on any atom is 0.334 e. The number of rotatable bonds is 6. The third-order valence-electron chi connectivity index (χ3n) is 4.65. The smallest absolute Gasteiger partial charge is 0.334 e. The zero-order chi connectivity index (χ0) is 21.2. The second kappa shape index (κ2) is 8.16. The van der Waals surface area contributed by atoms with Crippen molar-refractivity contribution < 1.29 is 13.2 Å². The summed E-state index contributed by atoms with van der Waals surface area (Å²) in [6, 6.07) is 12.0. The van der Waals surface area contributed by atoms with E-state index in [9.17, 15) is 13.2 Å². The number of nitrogens with one attached hydrogen (secondary N) is 4. The molecular weight excluding hydrogens is 388 g/mol. The molecule has 0 atom stereocenters. The van der Waals surface area contributed by atoms with Crippen molar-refractivity contribution in [1.29, 1.82) is 0 Å². The Balaban J connectivity index is 1.77. The van der Waals surface area contributed by atoms with Gasteiger partial charge < -0.3 is 10.3 Å². The van der Waals surface area contributed by atoms with Gasteiger partial charge in [0, 0.05) is 17.4 Å². The van der Waals surface area contributed by atoms with E-state index in [2.05, 4.69) is 15.0 Å². The molecule has 3 rings (SSSR count). The van der Waals surface area contributed by atoms with Crippen molar-refractivity contribution in [2.75, 3.05) is 10.0 Å². The van der Waals surface area contributed by atoms with E-state index in [-0.39, 0.29) is 11.8 Å². The number of carbonyl (C=O) groups is 1. The van der Waals surface area contributed by atoms with Gasteiger partial charge in [-0.25, -0.2) is 9.52 Å². The van der Waals surface area contributed by atoms with Gasteiger partial charge in [-0.2, -0.15) is 8.42 Å². The van der Waals surface area contributed by atoms with Gasteiger partial charge in [0.05, 0.1) is 5.69 Å². The van der Waals surface area contributed by atoms with Gasteiger partial charge in [-0.3, -0.25) is 4.72 Å². The van der Waals surface area contributed by atoms with Crippen LogP contribution in [0.2, 0.25) is 0 Å². The van der Waals surface area contributed by atoms with Crippen molar-refractivity contribution >= 4 is 38.5 Å². The molecule has 0 aliphatic carbocycles. The van der Waals surface area contributed by atoms with Gasteiger partial charge >= 0.3 is 16.2 Å². The molecule has 4 N–H and O–H groups in total. The first-order chi connectivity index (χ1) is 13.7. The molecule has 0 aliphatic rings. The number of urea groups is 1. The monoisotopic (exact) mass is 414 g/mol. The molecule has 8 heteroatoms. The van der Waals surface area contributed by atoms with Gasteiger partial charge in [-0.05, 0) is 46.5 Å². The van der Waals surface area contributed by atoms with Crippen LogP contribution in [0, 0.1) is 0 Å². The minimum absolute atomic E-state index is 0.172. The van der Waals surface area contributed by atoms with E-state index in [4.69, 9.17) is 0 Å². The molecule has 3 aromatic rings. The number of benzene rings is 2. The molecule has 2 aromatic carbocycles. The largest absolute Gasteiger partial charge is 0.361 e. The van der Waals surface area contributed by atoms with Crippen LogP contribution in [0.25, 0.3) is 10.9 Å². The van der Waals surface area contributed by atoms with Crippen molar-refractivity contribution in [1.82, 2.24) is 9.71 Å². The zero-order valence-electron chi connectivity index (χ0n) is 16.9. The lowest BCUT2D eigenvalue weighted by molar-refractivity contribution is 0.256. The van der Waals surface area contributed by atoms with Crippen molar-refractivity contribution in [3.05, 3.63) is 59.8 Å². The van der Waals surface area contributed by atoms with Crippen LogP contribution in [0.3, 0.4) is 0 Å². The Morgan fingerprint density at radius 1 is 0.966 bits per heavy atom. The molecule has 0 aliphatic heterocycles. The summed E-state index contributed by atoms with van der Waals surface area (Å²) >= 11 is 0. The molecule has 154 valence electrons. The van der Waals surface area contributed by atoms with Gasteiger partial charge in [0.25, 0.3) is 0 Å². The van der Waals surface area contributed by atoms with Crippen LogP contribution >= 0.6 is 0 Å². The fraction of sp³-hybridized carbons (Fsp3) is 0.286. The van der Waals surface area contributed by atoms with Gasteiger partial charge in [0.15, 0.2) is 0 Å². The van der Waals surface area contributed by atoms with Crippen molar-refractivity contribution in [3.63, 3.8) is 0 Å². The summed E-state index contributed by atoms with van der Waals surface area (Å²) in [6.45, 7) is 8.10. The second-order valence-corrected chi connectivity index (χ2v) is 8.98. The Morgan fingerprint density at radius 2 is 1.62 bits per heavy atom. The molecular formula is C21H26N4O3S. The van der Waals surface area contributed by atoms with Crippen LogP contribution in [0.5, 0.6) is 0 Å². The fourth-order valence-electron chi connectivity index (χ4n) is 3.25. The summed E-state index contributed by atoms with van der Waals surface area (Å²) in [5.74, 6) is 0.345. The summed E-state index contributed by atoms with van der Waals surface area (Å²) in [5.41, 5.74) is 3.70. The number of anilines is 2. The number of aromatic amines is 1. The van der Waals surface area contributed by atoms with E-state index in [1.165, 1.54) is 0 Å². The molecule has 29 heavy (non-hydrogen) atoms. The highest BCUT2D eigenvalue weighted by atomic mass is 32.2. The normalized spacial score (nSPS) is 11.8. The first-order valence-electron chi connectivity index (χ1n) is 9.48. The molecule has 2 amide bonds. The summed E-state index contributed by atoms with van der Waals surface area (Å²) in [4.78, 5) is 15.5. The second-order valence-electron chi connectivity index (χ2n) is 7.56. The summed E-state index contributed by atoms with van der Waals surface area (Å²) < 4.78 is 29.2. The lowest BCUT2D eigenvalue weighted by atomic mass is 9.93. The predicted octanol–water partition coefficient (Wildman–Crippen LogP) is 4.89. The summed E-state index contributed by atoms with van der Waals surface area (Å²) in [6.07, 6.45) is 1.77. The third-order valence-corrected chi connectivity index (χ3v) is 5.60.